The Bertz CT molecular complexity index is 568. The lowest BCUT2D eigenvalue weighted by atomic mass is 10.3. The summed E-state index contributed by atoms with van der Waals surface area (Å²) in [6.45, 7) is 3.15. The van der Waals surface area contributed by atoms with Crippen molar-refractivity contribution < 1.29 is 13.2 Å². The lowest BCUT2D eigenvalue weighted by molar-refractivity contribution is 0.394. The minimum Gasteiger partial charge on any atom is -0.495 e. The molecule has 20 heavy (non-hydrogen) atoms. The molecule has 1 aliphatic carbocycles. The van der Waals surface area contributed by atoms with Crippen LogP contribution in [0.5, 0.6) is 5.75 Å². The minimum absolute atomic E-state index is 0.248. The van der Waals surface area contributed by atoms with Gasteiger partial charge in [0, 0.05) is 19.2 Å². The Kier molecular flexibility index (Phi) is 4.55. The Labute approximate surface area is 120 Å². The predicted octanol–water partition coefficient (Wildman–Crippen LogP) is 2.09. The van der Waals surface area contributed by atoms with Crippen LogP contribution in [0.15, 0.2) is 23.1 Å². The van der Waals surface area contributed by atoms with E-state index in [1.807, 2.05) is 6.92 Å². The van der Waals surface area contributed by atoms with E-state index in [-0.39, 0.29) is 4.90 Å². The van der Waals surface area contributed by atoms with E-state index in [2.05, 4.69) is 0 Å². The van der Waals surface area contributed by atoms with E-state index < -0.39 is 10.0 Å². The van der Waals surface area contributed by atoms with Gasteiger partial charge in [-0.05, 0) is 37.3 Å². The zero-order chi connectivity index (χ0) is 14.8. The molecule has 0 bridgehead atoms. The first-order chi connectivity index (χ1) is 9.48. The minimum atomic E-state index is -3.47. The van der Waals surface area contributed by atoms with Gasteiger partial charge in [-0.1, -0.05) is 6.92 Å². The molecule has 1 saturated carbocycles. The predicted molar refractivity (Wildman–Crippen MR) is 79.2 cm³/mol. The molecule has 2 N–H and O–H groups in total. The summed E-state index contributed by atoms with van der Waals surface area (Å²) in [7, 11) is -1.99. The molecular formula is C14H22N2O3S. The van der Waals surface area contributed by atoms with Crippen LogP contribution in [0, 0.1) is 5.92 Å². The smallest absolute Gasteiger partial charge is 0.243 e. The van der Waals surface area contributed by atoms with Crippen molar-refractivity contribution in [2.24, 2.45) is 5.92 Å². The Morgan fingerprint density at radius 2 is 2.10 bits per heavy atom. The molecule has 0 unspecified atom stereocenters. The monoisotopic (exact) mass is 298 g/mol. The molecule has 1 aromatic rings. The van der Waals surface area contributed by atoms with E-state index in [4.69, 9.17) is 10.5 Å². The number of ether oxygens (including phenoxy) is 1. The molecule has 0 amide bonds. The van der Waals surface area contributed by atoms with Crippen molar-refractivity contribution in [1.82, 2.24) is 4.31 Å². The highest BCUT2D eigenvalue weighted by Gasteiger charge is 2.31. The van der Waals surface area contributed by atoms with E-state index >= 15 is 0 Å². The maximum absolute atomic E-state index is 12.7. The van der Waals surface area contributed by atoms with E-state index in [1.54, 1.807) is 16.4 Å². The van der Waals surface area contributed by atoms with Crippen LogP contribution in [0.4, 0.5) is 5.69 Å². The second-order valence-electron chi connectivity index (χ2n) is 5.21. The quantitative estimate of drug-likeness (QED) is 0.782. The fourth-order valence-electron chi connectivity index (χ4n) is 2.15. The van der Waals surface area contributed by atoms with Crippen LogP contribution in [0.3, 0.4) is 0 Å². The number of rotatable bonds is 7. The van der Waals surface area contributed by atoms with Crippen LogP contribution in [-0.2, 0) is 10.0 Å². The number of hydrogen-bond donors (Lipinski definition) is 1. The third kappa shape index (κ3) is 3.24. The Morgan fingerprint density at radius 3 is 2.65 bits per heavy atom. The normalized spacial score (nSPS) is 15.6. The van der Waals surface area contributed by atoms with Crippen molar-refractivity contribution >= 4 is 15.7 Å². The van der Waals surface area contributed by atoms with E-state index in [0.29, 0.717) is 30.4 Å². The molecule has 0 aromatic heterocycles. The molecule has 1 aromatic carbocycles. The third-order valence-electron chi connectivity index (χ3n) is 3.47. The summed E-state index contributed by atoms with van der Waals surface area (Å²) in [5.41, 5.74) is 6.18. The van der Waals surface area contributed by atoms with Crippen molar-refractivity contribution in [2.75, 3.05) is 25.9 Å². The molecule has 112 valence electrons. The Morgan fingerprint density at radius 1 is 1.40 bits per heavy atom. The average Bonchev–Trinajstić information content (AvgIpc) is 3.22. The number of hydrogen-bond acceptors (Lipinski definition) is 4. The fourth-order valence-corrected chi connectivity index (χ4v) is 3.77. The highest BCUT2D eigenvalue weighted by molar-refractivity contribution is 7.89. The second kappa shape index (κ2) is 6.01. The number of nitrogens with two attached hydrogens (primary N) is 1. The van der Waals surface area contributed by atoms with Crippen LogP contribution in [-0.4, -0.2) is 32.9 Å². The topological polar surface area (TPSA) is 72.6 Å². The SMILES string of the molecule is CCCN(CC1CC1)S(=O)(=O)c1ccc(N)c(OC)c1. The highest BCUT2D eigenvalue weighted by atomic mass is 32.2. The molecule has 0 spiro atoms. The Hall–Kier alpha value is -1.27. The van der Waals surface area contributed by atoms with Gasteiger partial charge in [0.2, 0.25) is 10.0 Å². The van der Waals surface area contributed by atoms with Crippen molar-refractivity contribution in [3.63, 3.8) is 0 Å². The van der Waals surface area contributed by atoms with Gasteiger partial charge < -0.3 is 10.5 Å². The molecule has 6 heteroatoms. The summed E-state index contributed by atoms with van der Waals surface area (Å²) in [4.78, 5) is 0.248. The van der Waals surface area contributed by atoms with E-state index in [9.17, 15) is 8.42 Å². The molecule has 0 aliphatic heterocycles. The molecule has 0 heterocycles. The standard InChI is InChI=1S/C14H22N2O3S/c1-3-8-16(10-11-4-5-11)20(17,18)12-6-7-13(15)14(9-12)19-2/h6-7,9,11H,3-5,8,10,15H2,1-2H3. The molecule has 0 atom stereocenters. The zero-order valence-corrected chi connectivity index (χ0v) is 12.8. The van der Waals surface area contributed by atoms with Gasteiger partial charge in [0.15, 0.2) is 0 Å². The molecule has 1 fully saturated rings. The van der Waals surface area contributed by atoms with Gasteiger partial charge in [-0.15, -0.1) is 0 Å². The summed E-state index contributed by atoms with van der Waals surface area (Å²) in [6, 6.07) is 4.62. The van der Waals surface area contributed by atoms with Gasteiger partial charge in [-0.3, -0.25) is 0 Å². The molecule has 5 nitrogen and oxygen atoms in total. The van der Waals surface area contributed by atoms with Crippen molar-refractivity contribution in [3.05, 3.63) is 18.2 Å². The van der Waals surface area contributed by atoms with Crippen molar-refractivity contribution in [2.45, 2.75) is 31.1 Å². The van der Waals surface area contributed by atoms with Crippen molar-refractivity contribution in [1.29, 1.82) is 0 Å². The first-order valence-corrected chi connectivity index (χ1v) is 8.36. The van der Waals surface area contributed by atoms with Gasteiger partial charge in [0.1, 0.15) is 5.75 Å². The van der Waals surface area contributed by atoms with Gasteiger partial charge in [-0.25, -0.2) is 8.42 Å². The van der Waals surface area contributed by atoms with Crippen LogP contribution in [0.1, 0.15) is 26.2 Å². The molecular weight excluding hydrogens is 276 g/mol. The van der Waals surface area contributed by atoms with E-state index in [1.165, 1.54) is 13.2 Å². The van der Waals surface area contributed by atoms with Gasteiger partial charge in [0.25, 0.3) is 0 Å². The van der Waals surface area contributed by atoms with E-state index in [0.717, 1.165) is 19.3 Å². The summed E-state index contributed by atoms with van der Waals surface area (Å²) in [5.74, 6) is 0.918. The molecule has 0 radical (unpaired) electrons. The largest absolute Gasteiger partial charge is 0.495 e. The maximum atomic E-state index is 12.7. The maximum Gasteiger partial charge on any atom is 0.243 e. The zero-order valence-electron chi connectivity index (χ0n) is 12.0. The van der Waals surface area contributed by atoms with Crippen molar-refractivity contribution in [3.8, 4) is 5.75 Å². The van der Waals surface area contributed by atoms with Gasteiger partial charge in [0.05, 0.1) is 17.7 Å². The summed E-state index contributed by atoms with van der Waals surface area (Å²) in [6.07, 6.45) is 3.06. The number of nitrogen functional groups attached to an aromatic ring is 1. The first kappa shape index (κ1) is 15.1. The molecule has 2 rings (SSSR count). The Balaban J connectivity index is 2.30. The van der Waals surface area contributed by atoms with Crippen LogP contribution in [0.25, 0.3) is 0 Å². The lowest BCUT2D eigenvalue weighted by Crippen LogP contribution is -2.33. The summed E-state index contributed by atoms with van der Waals surface area (Å²) in [5, 5.41) is 0. The van der Waals surface area contributed by atoms with Crippen LogP contribution >= 0.6 is 0 Å². The molecule has 0 saturated heterocycles. The third-order valence-corrected chi connectivity index (χ3v) is 5.34. The number of nitrogens with zero attached hydrogens (tertiary/aromatic N) is 1. The number of anilines is 1. The fraction of sp³-hybridized carbons (Fsp3) is 0.571. The van der Waals surface area contributed by atoms with Crippen LogP contribution in [0.2, 0.25) is 0 Å². The van der Waals surface area contributed by atoms with Crippen LogP contribution < -0.4 is 10.5 Å². The second-order valence-corrected chi connectivity index (χ2v) is 7.15. The summed E-state index contributed by atoms with van der Waals surface area (Å²) < 4.78 is 32.1. The lowest BCUT2D eigenvalue weighted by Gasteiger charge is -2.22. The average molecular weight is 298 g/mol. The van der Waals surface area contributed by atoms with Gasteiger partial charge >= 0.3 is 0 Å². The first-order valence-electron chi connectivity index (χ1n) is 6.92. The summed E-state index contributed by atoms with van der Waals surface area (Å²) >= 11 is 0. The molecule has 1 aliphatic rings. The number of benzene rings is 1. The van der Waals surface area contributed by atoms with Gasteiger partial charge in [-0.2, -0.15) is 4.31 Å². The highest BCUT2D eigenvalue weighted by Crippen LogP contribution is 2.33. The number of sulfonamides is 1. The number of methoxy groups -OCH3 is 1.